The molecule has 0 bridgehead atoms. The van der Waals surface area contributed by atoms with Gasteiger partial charge in [-0.05, 0) is 87.2 Å². The third-order valence-corrected chi connectivity index (χ3v) is 10.5. The van der Waals surface area contributed by atoms with Crippen LogP contribution in [0.2, 0.25) is 5.02 Å². The number of benzene rings is 2. The minimum atomic E-state index is -4.35. The van der Waals surface area contributed by atoms with E-state index in [0.717, 1.165) is 42.2 Å². The van der Waals surface area contributed by atoms with Crippen molar-refractivity contribution in [1.82, 2.24) is 19.0 Å². The number of hydrogen-bond acceptors (Lipinski definition) is 7. The predicted octanol–water partition coefficient (Wildman–Crippen LogP) is 2.35. The molecule has 43 heavy (non-hydrogen) atoms. The average Bonchev–Trinajstić information content (AvgIpc) is 3.73. The van der Waals surface area contributed by atoms with Crippen LogP contribution < -0.4 is 0 Å². The fourth-order valence-electron chi connectivity index (χ4n) is 6.28. The van der Waals surface area contributed by atoms with Gasteiger partial charge in [0.2, 0.25) is 21.8 Å². The van der Waals surface area contributed by atoms with Crippen LogP contribution in [0, 0.1) is 0 Å². The first-order valence-electron chi connectivity index (χ1n) is 14.3. The number of fused-ring (bicyclic) bond motifs is 1. The van der Waals surface area contributed by atoms with Gasteiger partial charge in [-0.2, -0.15) is 4.31 Å². The molecular formula is C29H37ClN4O8S. The summed E-state index contributed by atoms with van der Waals surface area (Å²) in [6.45, 7) is 4.29. The minimum absolute atomic E-state index is 0.101. The number of amides is 2. The fourth-order valence-corrected chi connectivity index (χ4v) is 8.06. The van der Waals surface area contributed by atoms with Crippen LogP contribution in [0.3, 0.4) is 0 Å². The van der Waals surface area contributed by atoms with Crippen molar-refractivity contribution in [3.05, 3.63) is 41.4 Å². The fraction of sp³-hybridized carbons (Fsp3) is 0.517. The van der Waals surface area contributed by atoms with E-state index in [1.165, 1.54) is 29.9 Å². The van der Waals surface area contributed by atoms with E-state index >= 15 is 0 Å². The molecule has 3 aliphatic heterocycles. The third-order valence-electron chi connectivity index (χ3n) is 8.38. The first-order valence-corrected chi connectivity index (χ1v) is 16.1. The van der Waals surface area contributed by atoms with Crippen LogP contribution in [0.25, 0.3) is 10.8 Å². The van der Waals surface area contributed by atoms with Gasteiger partial charge in [0.15, 0.2) is 0 Å². The van der Waals surface area contributed by atoms with Gasteiger partial charge in [-0.25, -0.2) is 8.42 Å². The van der Waals surface area contributed by atoms with Crippen LogP contribution in [0.1, 0.15) is 39.0 Å². The van der Waals surface area contributed by atoms with Crippen LogP contribution in [0.15, 0.2) is 41.3 Å². The van der Waals surface area contributed by atoms with Gasteiger partial charge in [-0.3, -0.25) is 19.2 Å². The molecule has 0 spiro atoms. The summed E-state index contributed by atoms with van der Waals surface area (Å²) >= 11 is 6.04. The second-order valence-corrected chi connectivity index (χ2v) is 13.4. The molecule has 3 aliphatic rings. The van der Waals surface area contributed by atoms with Gasteiger partial charge in [0.25, 0.3) is 6.47 Å². The second kappa shape index (κ2) is 14.0. The second-order valence-electron chi connectivity index (χ2n) is 11.1. The Morgan fingerprint density at radius 3 is 2.37 bits per heavy atom. The van der Waals surface area contributed by atoms with Crippen LogP contribution in [0.4, 0.5) is 0 Å². The van der Waals surface area contributed by atoms with Crippen LogP contribution in [-0.4, -0.2) is 119 Å². The van der Waals surface area contributed by atoms with Crippen LogP contribution >= 0.6 is 11.6 Å². The van der Waals surface area contributed by atoms with Crippen molar-refractivity contribution in [3.63, 3.8) is 0 Å². The molecule has 3 heterocycles. The van der Waals surface area contributed by atoms with E-state index in [-0.39, 0.29) is 36.3 Å². The Hall–Kier alpha value is -3.26. The van der Waals surface area contributed by atoms with Crippen molar-refractivity contribution in [2.75, 3.05) is 39.3 Å². The highest BCUT2D eigenvalue weighted by molar-refractivity contribution is 7.89. The lowest BCUT2D eigenvalue weighted by atomic mass is 10.1. The molecule has 234 valence electrons. The molecule has 2 aromatic rings. The first kappa shape index (κ1) is 32.6. The summed E-state index contributed by atoms with van der Waals surface area (Å²) in [6, 6.07) is 7.60. The largest absolute Gasteiger partial charge is 0.483 e. The van der Waals surface area contributed by atoms with Crippen molar-refractivity contribution in [1.29, 1.82) is 0 Å². The number of carboxylic acids is 1. The molecule has 0 unspecified atom stereocenters. The summed E-state index contributed by atoms with van der Waals surface area (Å²) in [7, 11) is -4.35. The summed E-state index contributed by atoms with van der Waals surface area (Å²) < 4.78 is 28.2. The maximum Gasteiger partial charge on any atom is 0.318 e. The van der Waals surface area contributed by atoms with E-state index in [2.05, 4.69) is 4.90 Å². The molecule has 0 saturated carbocycles. The Morgan fingerprint density at radius 1 is 1.05 bits per heavy atom. The van der Waals surface area contributed by atoms with E-state index in [9.17, 15) is 27.9 Å². The Kier molecular flexibility index (Phi) is 10.6. The van der Waals surface area contributed by atoms with Crippen molar-refractivity contribution in [3.8, 4) is 0 Å². The topological polar surface area (TPSA) is 156 Å². The van der Waals surface area contributed by atoms with Gasteiger partial charge in [0.1, 0.15) is 18.6 Å². The molecule has 2 aromatic carbocycles. The van der Waals surface area contributed by atoms with Crippen LogP contribution in [0.5, 0.6) is 0 Å². The van der Waals surface area contributed by atoms with Crippen molar-refractivity contribution < 1.29 is 37.8 Å². The Bertz CT molecular complexity index is 1470. The number of likely N-dealkylation sites (tertiary alicyclic amines) is 3. The molecule has 0 aromatic heterocycles. The standard InChI is InChI=1S/C28H35ClN4O6S.CH2O2/c1-19(27(36)32-13-4-5-23(32)17-30-11-2-3-12-30)31-14-10-25(28(31)37)33(18-26(34)35)40(38,39)24-9-7-20-15-22(29)8-6-21(20)16-24;2-1-3/h6-9,15-16,19,23,25H,2-5,10-14,17-18H2,1H3,(H,34,35);1H,(H,2,3)/t19-,23-,25-;/m0./s1. The highest BCUT2D eigenvalue weighted by atomic mass is 35.5. The van der Waals surface area contributed by atoms with Crippen molar-refractivity contribution in [2.45, 2.75) is 62.0 Å². The van der Waals surface area contributed by atoms with E-state index < -0.39 is 40.5 Å². The number of carboxylic acid groups (broad SMARTS) is 2. The lowest BCUT2D eigenvalue weighted by molar-refractivity contribution is -0.145. The SMILES string of the molecule is C[C@@H](C(=O)N1CCC[C@H]1CN1CCCC1)N1CC[C@H](N(CC(=O)O)S(=O)(=O)c2ccc3cc(Cl)ccc3c2)C1=O.O=CO. The minimum Gasteiger partial charge on any atom is -0.483 e. The lowest BCUT2D eigenvalue weighted by Crippen LogP contribution is -2.53. The van der Waals surface area contributed by atoms with E-state index in [1.807, 2.05) is 4.90 Å². The van der Waals surface area contributed by atoms with Crippen molar-refractivity contribution >= 4 is 56.7 Å². The zero-order valence-electron chi connectivity index (χ0n) is 24.0. The maximum atomic E-state index is 13.7. The monoisotopic (exact) mass is 636 g/mol. The van der Waals surface area contributed by atoms with E-state index in [0.29, 0.717) is 17.0 Å². The van der Waals surface area contributed by atoms with Crippen LogP contribution in [-0.2, 0) is 29.2 Å². The molecule has 5 rings (SSSR count). The molecule has 0 radical (unpaired) electrons. The van der Waals surface area contributed by atoms with Gasteiger partial charge in [-0.1, -0.05) is 23.7 Å². The number of halogens is 1. The quantitative estimate of drug-likeness (QED) is 0.395. The van der Waals surface area contributed by atoms with Gasteiger partial charge in [0.05, 0.1) is 4.90 Å². The predicted molar refractivity (Wildman–Crippen MR) is 159 cm³/mol. The van der Waals surface area contributed by atoms with E-state index in [1.54, 1.807) is 31.2 Å². The van der Waals surface area contributed by atoms with Gasteiger partial charge in [0, 0.05) is 30.7 Å². The van der Waals surface area contributed by atoms with Gasteiger partial charge >= 0.3 is 5.97 Å². The zero-order valence-corrected chi connectivity index (χ0v) is 25.5. The number of carbonyl (C=O) groups excluding carboxylic acids is 2. The number of sulfonamides is 1. The molecule has 2 N–H and O–H groups in total. The third kappa shape index (κ3) is 7.28. The van der Waals surface area contributed by atoms with Gasteiger partial charge < -0.3 is 24.9 Å². The number of carbonyl (C=O) groups is 4. The smallest absolute Gasteiger partial charge is 0.318 e. The summed E-state index contributed by atoms with van der Waals surface area (Å²) in [4.78, 5) is 52.9. The molecule has 3 saturated heterocycles. The summed E-state index contributed by atoms with van der Waals surface area (Å²) in [5.41, 5.74) is 0. The average molecular weight is 637 g/mol. The maximum absolute atomic E-state index is 13.7. The highest BCUT2D eigenvalue weighted by Crippen LogP contribution is 2.30. The summed E-state index contributed by atoms with van der Waals surface area (Å²) in [6.07, 6.45) is 4.28. The zero-order chi connectivity index (χ0) is 31.3. The highest BCUT2D eigenvalue weighted by Gasteiger charge is 2.46. The molecule has 12 nitrogen and oxygen atoms in total. The molecule has 0 aliphatic carbocycles. The van der Waals surface area contributed by atoms with Gasteiger partial charge in [-0.15, -0.1) is 0 Å². The summed E-state index contributed by atoms with van der Waals surface area (Å²) in [5.74, 6) is -2.06. The molecular weight excluding hydrogens is 600 g/mol. The normalized spacial score (nSPS) is 21.7. The summed E-state index contributed by atoms with van der Waals surface area (Å²) in [5, 5.41) is 18.3. The number of rotatable bonds is 9. The first-order chi connectivity index (χ1) is 20.5. The number of aliphatic carboxylic acids is 1. The molecule has 3 fully saturated rings. The Balaban J connectivity index is 0.00000135. The Labute approximate surface area is 255 Å². The lowest BCUT2D eigenvalue weighted by Gasteiger charge is -2.33. The van der Waals surface area contributed by atoms with E-state index in [4.69, 9.17) is 21.5 Å². The molecule has 3 atom stereocenters. The Morgan fingerprint density at radius 2 is 1.70 bits per heavy atom. The number of nitrogens with zero attached hydrogens (tertiary/aromatic N) is 4. The number of hydrogen-bond donors (Lipinski definition) is 2. The van der Waals surface area contributed by atoms with Crippen molar-refractivity contribution in [2.24, 2.45) is 0 Å². The molecule has 2 amide bonds. The molecule has 14 heteroatoms.